The van der Waals surface area contributed by atoms with Crippen molar-refractivity contribution in [2.75, 3.05) is 6.54 Å². The molecule has 0 unspecified atom stereocenters. The van der Waals surface area contributed by atoms with Gasteiger partial charge in [-0.05, 0) is 37.7 Å². The molecule has 2 fully saturated rings. The number of fused-ring (bicyclic) bond motifs is 3. The predicted octanol–water partition coefficient (Wildman–Crippen LogP) is 2.87. The Kier molecular flexibility index (Phi) is 3.30. The van der Waals surface area contributed by atoms with Crippen LogP contribution >= 0.6 is 11.3 Å². The smallest absolute Gasteiger partial charge is 0.262 e. The van der Waals surface area contributed by atoms with Crippen LogP contribution in [-0.4, -0.2) is 26.9 Å². The largest absolute Gasteiger partial charge is 0.337 e. The van der Waals surface area contributed by atoms with E-state index in [1.54, 1.807) is 17.7 Å². The second kappa shape index (κ2) is 5.41. The van der Waals surface area contributed by atoms with Crippen molar-refractivity contribution in [1.29, 1.82) is 0 Å². The van der Waals surface area contributed by atoms with Crippen molar-refractivity contribution < 1.29 is 4.79 Å². The Morgan fingerprint density at radius 1 is 1.21 bits per heavy atom. The van der Waals surface area contributed by atoms with Crippen LogP contribution in [0.2, 0.25) is 0 Å². The third-order valence-corrected chi connectivity index (χ3v) is 6.87. The van der Waals surface area contributed by atoms with Gasteiger partial charge < -0.3 is 4.90 Å². The Balaban J connectivity index is 1.49. The molecule has 126 valence electrons. The van der Waals surface area contributed by atoms with Crippen molar-refractivity contribution in [2.24, 2.45) is 5.92 Å². The third kappa shape index (κ3) is 2.23. The fourth-order valence-electron chi connectivity index (χ4n) is 4.23. The number of carbonyl (C=O) groups excluding carboxylic acids is 1. The lowest BCUT2D eigenvalue weighted by molar-refractivity contribution is -0.136. The number of hydrogen-bond acceptors (Lipinski definition) is 4. The molecule has 3 aliphatic rings. The van der Waals surface area contributed by atoms with Gasteiger partial charge in [0.15, 0.2) is 0 Å². The summed E-state index contributed by atoms with van der Waals surface area (Å²) in [6.07, 6.45) is 9.13. The third-order valence-electron chi connectivity index (χ3n) is 5.74. The van der Waals surface area contributed by atoms with Crippen LogP contribution in [0.15, 0.2) is 11.1 Å². The summed E-state index contributed by atoms with van der Waals surface area (Å²) in [5.41, 5.74) is 1.27. The molecule has 0 bridgehead atoms. The molecule has 0 saturated heterocycles. The van der Waals surface area contributed by atoms with Crippen LogP contribution in [-0.2, 0) is 17.8 Å². The summed E-state index contributed by atoms with van der Waals surface area (Å²) in [6, 6.07) is 0.356. The van der Waals surface area contributed by atoms with Crippen molar-refractivity contribution >= 4 is 27.5 Å². The molecule has 0 aromatic carbocycles. The average Bonchev–Trinajstić information content (AvgIpc) is 3.15. The van der Waals surface area contributed by atoms with Gasteiger partial charge in [-0.15, -0.1) is 11.3 Å². The van der Waals surface area contributed by atoms with Crippen LogP contribution < -0.4 is 5.56 Å². The quantitative estimate of drug-likeness (QED) is 0.842. The first-order valence-corrected chi connectivity index (χ1v) is 9.84. The zero-order valence-electron chi connectivity index (χ0n) is 13.7. The van der Waals surface area contributed by atoms with Crippen LogP contribution in [0.3, 0.4) is 0 Å². The molecule has 2 aromatic heterocycles. The second-order valence-electron chi connectivity index (χ2n) is 7.36. The van der Waals surface area contributed by atoms with Gasteiger partial charge in [-0.3, -0.25) is 14.2 Å². The topological polar surface area (TPSA) is 55.2 Å². The van der Waals surface area contributed by atoms with Gasteiger partial charge in [0.2, 0.25) is 5.91 Å². The summed E-state index contributed by atoms with van der Waals surface area (Å²) in [7, 11) is 0. The van der Waals surface area contributed by atoms with E-state index in [1.165, 1.54) is 17.7 Å². The number of hydrogen-bond donors (Lipinski definition) is 0. The highest BCUT2D eigenvalue weighted by atomic mass is 32.1. The van der Waals surface area contributed by atoms with Gasteiger partial charge in [-0.2, -0.15) is 0 Å². The molecule has 2 aromatic rings. The fourth-order valence-corrected chi connectivity index (χ4v) is 5.42. The maximum atomic E-state index is 12.8. The first-order valence-electron chi connectivity index (χ1n) is 9.02. The first kappa shape index (κ1) is 14.6. The maximum absolute atomic E-state index is 12.8. The van der Waals surface area contributed by atoms with Crippen LogP contribution in [0, 0.1) is 5.92 Å². The molecule has 0 radical (unpaired) electrons. The summed E-state index contributed by atoms with van der Waals surface area (Å²) in [5, 5.41) is 0.817. The number of aromatic nitrogens is 2. The summed E-state index contributed by atoms with van der Waals surface area (Å²) >= 11 is 1.60. The standard InChI is InChI=1S/C18H21N3O2S/c22-17(11-3-1-2-4-11)20-8-7-13-14(9-20)24-16-15(13)18(23)21(10-19-16)12-5-6-12/h10-12H,1-9H2. The van der Waals surface area contributed by atoms with E-state index in [2.05, 4.69) is 4.98 Å². The minimum atomic E-state index is 0.121. The SMILES string of the molecule is O=C(C1CCCC1)N1CCc2c(sc3ncn(C4CC4)c(=O)c23)C1. The molecule has 0 spiro atoms. The minimum absolute atomic E-state index is 0.121. The molecular formula is C18H21N3O2S. The Morgan fingerprint density at radius 3 is 2.75 bits per heavy atom. The lowest BCUT2D eigenvalue weighted by Gasteiger charge is -2.29. The Hall–Kier alpha value is -1.69. The summed E-state index contributed by atoms with van der Waals surface area (Å²) in [4.78, 5) is 34.1. The highest BCUT2D eigenvalue weighted by molar-refractivity contribution is 7.18. The number of nitrogens with zero attached hydrogens (tertiary/aromatic N) is 3. The molecule has 1 aliphatic heterocycles. The Labute approximate surface area is 144 Å². The molecular weight excluding hydrogens is 322 g/mol. The zero-order valence-corrected chi connectivity index (χ0v) is 14.5. The number of thiophene rings is 1. The lowest BCUT2D eigenvalue weighted by atomic mass is 10.0. The van der Waals surface area contributed by atoms with E-state index in [0.29, 0.717) is 18.5 Å². The van der Waals surface area contributed by atoms with E-state index in [0.717, 1.165) is 54.4 Å². The highest BCUT2D eigenvalue weighted by Crippen LogP contribution is 2.37. The molecule has 6 heteroatoms. The van der Waals surface area contributed by atoms with Gasteiger partial charge in [-0.1, -0.05) is 12.8 Å². The van der Waals surface area contributed by atoms with Gasteiger partial charge in [0.25, 0.3) is 5.56 Å². The van der Waals surface area contributed by atoms with Gasteiger partial charge in [0, 0.05) is 23.4 Å². The summed E-state index contributed by atoms with van der Waals surface area (Å²) < 4.78 is 1.81. The van der Waals surface area contributed by atoms with E-state index in [-0.39, 0.29) is 11.5 Å². The van der Waals surface area contributed by atoms with Crippen molar-refractivity contribution in [3.63, 3.8) is 0 Å². The minimum Gasteiger partial charge on any atom is -0.337 e. The van der Waals surface area contributed by atoms with E-state index in [9.17, 15) is 9.59 Å². The van der Waals surface area contributed by atoms with Crippen molar-refractivity contribution in [1.82, 2.24) is 14.5 Å². The fraction of sp³-hybridized carbons (Fsp3) is 0.611. The summed E-state index contributed by atoms with van der Waals surface area (Å²) in [6.45, 7) is 1.40. The summed E-state index contributed by atoms with van der Waals surface area (Å²) in [5.74, 6) is 0.546. The van der Waals surface area contributed by atoms with Crippen molar-refractivity contribution in [3.8, 4) is 0 Å². The van der Waals surface area contributed by atoms with Crippen LogP contribution in [0.25, 0.3) is 10.2 Å². The predicted molar refractivity (Wildman–Crippen MR) is 93.2 cm³/mol. The van der Waals surface area contributed by atoms with Gasteiger partial charge in [-0.25, -0.2) is 4.98 Å². The molecule has 5 nitrogen and oxygen atoms in total. The van der Waals surface area contributed by atoms with Crippen LogP contribution in [0.5, 0.6) is 0 Å². The molecule has 2 saturated carbocycles. The number of carbonyl (C=O) groups is 1. The molecule has 24 heavy (non-hydrogen) atoms. The van der Waals surface area contributed by atoms with Crippen molar-refractivity contribution in [3.05, 3.63) is 27.1 Å². The average molecular weight is 343 g/mol. The first-order chi connectivity index (χ1) is 11.7. The number of rotatable bonds is 2. The monoisotopic (exact) mass is 343 g/mol. The molecule has 3 heterocycles. The molecule has 0 N–H and O–H groups in total. The Bertz CT molecular complexity index is 874. The van der Waals surface area contributed by atoms with E-state index >= 15 is 0 Å². The normalized spacial score (nSPS) is 21.4. The Morgan fingerprint density at radius 2 is 2.00 bits per heavy atom. The molecule has 1 amide bonds. The second-order valence-corrected chi connectivity index (χ2v) is 8.45. The van der Waals surface area contributed by atoms with Crippen LogP contribution in [0.1, 0.15) is 55.0 Å². The molecule has 0 atom stereocenters. The lowest BCUT2D eigenvalue weighted by Crippen LogP contribution is -2.38. The molecule has 2 aliphatic carbocycles. The highest BCUT2D eigenvalue weighted by Gasteiger charge is 2.32. The molecule has 5 rings (SSSR count). The van der Waals surface area contributed by atoms with Gasteiger partial charge >= 0.3 is 0 Å². The van der Waals surface area contributed by atoms with Gasteiger partial charge in [0.1, 0.15) is 4.83 Å². The number of amides is 1. The van der Waals surface area contributed by atoms with Gasteiger partial charge in [0.05, 0.1) is 18.3 Å². The van der Waals surface area contributed by atoms with Crippen LogP contribution in [0.4, 0.5) is 0 Å². The van der Waals surface area contributed by atoms with Crippen molar-refractivity contribution in [2.45, 2.75) is 57.5 Å². The van der Waals surface area contributed by atoms with E-state index < -0.39 is 0 Å². The maximum Gasteiger partial charge on any atom is 0.262 e. The van der Waals surface area contributed by atoms with E-state index in [4.69, 9.17) is 0 Å². The zero-order chi connectivity index (χ0) is 16.3. The van der Waals surface area contributed by atoms with E-state index in [1.807, 2.05) is 9.47 Å².